The lowest BCUT2D eigenvalue weighted by Gasteiger charge is -2.06. The second kappa shape index (κ2) is 6.80. The normalized spacial score (nSPS) is 10.6. The summed E-state index contributed by atoms with van der Waals surface area (Å²) >= 11 is 0. The predicted octanol–water partition coefficient (Wildman–Crippen LogP) is 2.47. The molecule has 0 spiro atoms. The molecule has 0 bridgehead atoms. The quantitative estimate of drug-likeness (QED) is 0.419. The molecule has 3 heteroatoms. The molecule has 0 aliphatic rings. The predicted molar refractivity (Wildman–Crippen MR) is 63.0 cm³/mol. The minimum atomic E-state index is -0.0676. The molecule has 16 heavy (non-hydrogen) atoms. The van der Waals surface area contributed by atoms with E-state index in [4.69, 9.17) is 9.47 Å². The Balaban J connectivity index is 2.58. The van der Waals surface area contributed by atoms with Gasteiger partial charge in [0.2, 0.25) is 0 Å². The van der Waals surface area contributed by atoms with Crippen LogP contribution in [0.5, 0.6) is 5.75 Å². The van der Waals surface area contributed by atoms with E-state index in [2.05, 4.69) is 0 Å². The molecule has 0 atom stereocenters. The van der Waals surface area contributed by atoms with E-state index in [1.54, 1.807) is 19.2 Å². The number of hydrogen-bond acceptors (Lipinski definition) is 3. The van der Waals surface area contributed by atoms with Crippen molar-refractivity contribution in [3.05, 3.63) is 42.0 Å². The molecule has 86 valence electrons. The highest BCUT2D eigenvalue weighted by atomic mass is 16.5. The maximum atomic E-state index is 11.8. The molecule has 0 aromatic heterocycles. The monoisotopic (exact) mass is 220 g/mol. The van der Waals surface area contributed by atoms with E-state index in [1.165, 1.54) is 0 Å². The van der Waals surface area contributed by atoms with Gasteiger partial charge in [-0.15, -0.1) is 0 Å². The molecule has 1 rings (SSSR count). The van der Waals surface area contributed by atoms with Gasteiger partial charge in [-0.2, -0.15) is 0 Å². The van der Waals surface area contributed by atoms with Crippen LogP contribution in [0.2, 0.25) is 0 Å². The van der Waals surface area contributed by atoms with Crippen molar-refractivity contribution in [1.82, 2.24) is 0 Å². The van der Waals surface area contributed by atoms with E-state index in [0.717, 1.165) is 0 Å². The van der Waals surface area contributed by atoms with Gasteiger partial charge in [0.15, 0.2) is 5.78 Å². The van der Waals surface area contributed by atoms with Gasteiger partial charge in [0.05, 0.1) is 19.3 Å². The molecule has 3 nitrogen and oxygen atoms in total. The average Bonchev–Trinajstić information content (AvgIpc) is 2.34. The lowest BCUT2D eigenvalue weighted by atomic mass is 10.1. The Morgan fingerprint density at radius 2 is 2.12 bits per heavy atom. The zero-order valence-electron chi connectivity index (χ0n) is 9.60. The molecule has 1 aromatic rings. The summed E-state index contributed by atoms with van der Waals surface area (Å²) in [5.41, 5.74) is 0.561. The molecule has 0 heterocycles. The summed E-state index contributed by atoms with van der Waals surface area (Å²) < 4.78 is 10.3. The van der Waals surface area contributed by atoms with Crippen LogP contribution in [0.15, 0.2) is 36.4 Å². The first-order valence-corrected chi connectivity index (χ1v) is 5.14. The molecule has 0 fully saturated rings. The van der Waals surface area contributed by atoms with Gasteiger partial charge >= 0.3 is 0 Å². The maximum Gasteiger partial charge on any atom is 0.192 e. The van der Waals surface area contributed by atoms with E-state index < -0.39 is 0 Å². The van der Waals surface area contributed by atoms with Crippen molar-refractivity contribution in [2.45, 2.75) is 6.92 Å². The SMILES string of the molecule is CC=CCOCC(=O)c1ccccc1OC. The van der Waals surface area contributed by atoms with Crippen molar-refractivity contribution in [3.63, 3.8) is 0 Å². The summed E-state index contributed by atoms with van der Waals surface area (Å²) in [5, 5.41) is 0. The second-order valence-electron chi connectivity index (χ2n) is 3.21. The maximum absolute atomic E-state index is 11.8. The number of allylic oxidation sites excluding steroid dienone is 1. The van der Waals surface area contributed by atoms with Crippen LogP contribution < -0.4 is 4.74 Å². The first-order valence-electron chi connectivity index (χ1n) is 5.14. The fourth-order valence-electron chi connectivity index (χ4n) is 1.27. The van der Waals surface area contributed by atoms with Crippen LogP contribution in [0.3, 0.4) is 0 Å². The Morgan fingerprint density at radius 3 is 2.81 bits per heavy atom. The van der Waals surface area contributed by atoms with Crippen molar-refractivity contribution in [2.24, 2.45) is 0 Å². The number of ketones is 1. The average molecular weight is 220 g/mol. The molecule has 0 aliphatic heterocycles. The molecule has 0 amide bonds. The second-order valence-corrected chi connectivity index (χ2v) is 3.21. The summed E-state index contributed by atoms with van der Waals surface area (Å²) in [7, 11) is 1.55. The summed E-state index contributed by atoms with van der Waals surface area (Å²) in [6.45, 7) is 2.44. The van der Waals surface area contributed by atoms with Crippen molar-refractivity contribution >= 4 is 5.78 Å². The molecule has 0 saturated heterocycles. The van der Waals surface area contributed by atoms with Gasteiger partial charge in [-0.25, -0.2) is 0 Å². The third-order valence-electron chi connectivity index (χ3n) is 2.09. The minimum Gasteiger partial charge on any atom is -0.496 e. The lowest BCUT2D eigenvalue weighted by molar-refractivity contribution is 0.0803. The van der Waals surface area contributed by atoms with Crippen LogP contribution in [0.1, 0.15) is 17.3 Å². The third-order valence-corrected chi connectivity index (χ3v) is 2.09. The van der Waals surface area contributed by atoms with E-state index in [9.17, 15) is 4.79 Å². The number of carbonyl (C=O) groups excluding carboxylic acids is 1. The summed E-state index contributed by atoms with van der Waals surface area (Å²) in [4.78, 5) is 11.8. The van der Waals surface area contributed by atoms with Crippen LogP contribution in [0, 0.1) is 0 Å². The molecule has 1 aromatic carbocycles. The van der Waals surface area contributed by atoms with Gasteiger partial charge in [0, 0.05) is 0 Å². The number of Topliss-reactive ketones (excluding diaryl/α,β-unsaturated/α-hetero) is 1. The Labute approximate surface area is 95.7 Å². The topological polar surface area (TPSA) is 35.5 Å². The van der Waals surface area contributed by atoms with E-state index in [0.29, 0.717) is 17.9 Å². The highest BCUT2D eigenvalue weighted by Crippen LogP contribution is 2.17. The molecule has 0 unspecified atom stereocenters. The van der Waals surface area contributed by atoms with Crippen LogP contribution in [0.4, 0.5) is 0 Å². The Kier molecular flexibility index (Phi) is 5.29. The standard InChI is InChI=1S/C13H16O3/c1-3-4-9-16-10-12(14)11-7-5-6-8-13(11)15-2/h3-8H,9-10H2,1-2H3. The van der Waals surface area contributed by atoms with Gasteiger partial charge in [-0.1, -0.05) is 24.3 Å². The van der Waals surface area contributed by atoms with Gasteiger partial charge in [0.1, 0.15) is 12.4 Å². The molecule has 0 radical (unpaired) electrons. The number of methoxy groups -OCH3 is 1. The zero-order valence-corrected chi connectivity index (χ0v) is 9.60. The van der Waals surface area contributed by atoms with Gasteiger partial charge in [-0.05, 0) is 19.1 Å². The van der Waals surface area contributed by atoms with Crippen LogP contribution in [0.25, 0.3) is 0 Å². The molecular formula is C13H16O3. The number of para-hydroxylation sites is 1. The van der Waals surface area contributed by atoms with E-state index >= 15 is 0 Å². The van der Waals surface area contributed by atoms with E-state index in [-0.39, 0.29) is 12.4 Å². The first-order chi connectivity index (χ1) is 7.79. The first kappa shape index (κ1) is 12.5. The number of carbonyl (C=O) groups is 1. The van der Waals surface area contributed by atoms with Gasteiger partial charge in [-0.3, -0.25) is 4.79 Å². The smallest absolute Gasteiger partial charge is 0.192 e. The largest absolute Gasteiger partial charge is 0.496 e. The lowest BCUT2D eigenvalue weighted by Crippen LogP contribution is -2.10. The van der Waals surface area contributed by atoms with Crippen molar-refractivity contribution in [1.29, 1.82) is 0 Å². The number of ether oxygens (including phenoxy) is 2. The highest BCUT2D eigenvalue weighted by molar-refractivity contribution is 5.99. The summed E-state index contributed by atoms with van der Waals surface area (Å²) in [6, 6.07) is 7.14. The van der Waals surface area contributed by atoms with Crippen LogP contribution >= 0.6 is 0 Å². The number of benzene rings is 1. The minimum absolute atomic E-state index is 0.0676. The molecule has 0 saturated carbocycles. The molecule has 0 N–H and O–H groups in total. The summed E-state index contributed by atoms with van der Waals surface area (Å²) in [6.07, 6.45) is 3.74. The number of rotatable bonds is 6. The van der Waals surface area contributed by atoms with Gasteiger partial charge in [0.25, 0.3) is 0 Å². The van der Waals surface area contributed by atoms with Crippen molar-refractivity contribution in [2.75, 3.05) is 20.3 Å². The number of hydrogen-bond donors (Lipinski definition) is 0. The highest BCUT2D eigenvalue weighted by Gasteiger charge is 2.10. The molecular weight excluding hydrogens is 204 g/mol. The molecule has 0 aliphatic carbocycles. The summed E-state index contributed by atoms with van der Waals surface area (Å²) in [5.74, 6) is 0.518. The Hall–Kier alpha value is -1.61. The van der Waals surface area contributed by atoms with Crippen molar-refractivity contribution in [3.8, 4) is 5.75 Å². The zero-order chi connectivity index (χ0) is 11.8. The van der Waals surface area contributed by atoms with Crippen LogP contribution in [-0.2, 0) is 4.74 Å². The van der Waals surface area contributed by atoms with Crippen LogP contribution in [-0.4, -0.2) is 26.1 Å². The Morgan fingerprint density at radius 1 is 1.38 bits per heavy atom. The van der Waals surface area contributed by atoms with E-state index in [1.807, 2.05) is 31.2 Å². The third kappa shape index (κ3) is 3.51. The fraction of sp³-hybridized carbons (Fsp3) is 0.308. The van der Waals surface area contributed by atoms with Crippen molar-refractivity contribution < 1.29 is 14.3 Å². The van der Waals surface area contributed by atoms with Gasteiger partial charge < -0.3 is 9.47 Å². The Bertz CT molecular complexity index is 369. The fourth-order valence-corrected chi connectivity index (χ4v) is 1.27.